The largest absolute Gasteiger partial charge is 0.444 e. The van der Waals surface area contributed by atoms with Crippen molar-refractivity contribution in [3.63, 3.8) is 0 Å². The van der Waals surface area contributed by atoms with E-state index in [0.29, 0.717) is 12.4 Å². The molecule has 128 valence electrons. The van der Waals surface area contributed by atoms with Crippen molar-refractivity contribution in [1.29, 1.82) is 0 Å². The lowest BCUT2D eigenvalue weighted by atomic mass is 10.2. The van der Waals surface area contributed by atoms with Crippen LogP contribution in [0.2, 0.25) is 0 Å². The molecule has 1 saturated heterocycles. The maximum Gasteiger partial charge on any atom is 0.220 e. The molecule has 6 nitrogen and oxygen atoms in total. The Morgan fingerprint density at radius 1 is 1.42 bits per heavy atom. The first-order valence-corrected chi connectivity index (χ1v) is 8.47. The third-order valence-electron chi connectivity index (χ3n) is 4.50. The fourth-order valence-corrected chi connectivity index (χ4v) is 3.18. The van der Waals surface area contributed by atoms with E-state index in [2.05, 4.69) is 14.9 Å². The summed E-state index contributed by atoms with van der Waals surface area (Å²) in [5.74, 6) is 1.55. The van der Waals surface area contributed by atoms with Gasteiger partial charge in [-0.05, 0) is 24.1 Å². The number of hydrogen-bond donors (Lipinski definition) is 0. The number of rotatable bonds is 6. The lowest BCUT2D eigenvalue weighted by molar-refractivity contribution is -0.132. The van der Waals surface area contributed by atoms with Gasteiger partial charge in [-0.15, -0.1) is 0 Å². The summed E-state index contributed by atoms with van der Waals surface area (Å²) in [5, 5.41) is 0. The van der Waals surface area contributed by atoms with Gasteiger partial charge < -0.3 is 9.32 Å². The summed E-state index contributed by atoms with van der Waals surface area (Å²) in [6.45, 7) is 6.86. The van der Waals surface area contributed by atoms with Crippen LogP contribution in [-0.4, -0.2) is 44.8 Å². The van der Waals surface area contributed by atoms with Gasteiger partial charge in [-0.3, -0.25) is 14.7 Å². The van der Waals surface area contributed by atoms with Crippen molar-refractivity contribution in [1.82, 2.24) is 19.8 Å². The molecule has 0 radical (unpaired) electrons. The number of pyridine rings is 1. The second kappa shape index (κ2) is 7.57. The first-order chi connectivity index (χ1) is 11.7. The van der Waals surface area contributed by atoms with E-state index in [0.717, 1.165) is 38.2 Å². The van der Waals surface area contributed by atoms with E-state index in [9.17, 15) is 4.79 Å². The summed E-state index contributed by atoms with van der Waals surface area (Å²) in [7, 11) is 0. The Kier molecular flexibility index (Phi) is 5.25. The number of carbonyl (C=O) groups excluding carboxylic acids is 1. The van der Waals surface area contributed by atoms with Crippen molar-refractivity contribution >= 4 is 5.91 Å². The normalized spacial score (nSPS) is 18.0. The zero-order valence-corrected chi connectivity index (χ0v) is 14.3. The van der Waals surface area contributed by atoms with Gasteiger partial charge in [0, 0.05) is 51.4 Å². The average molecular weight is 328 g/mol. The van der Waals surface area contributed by atoms with E-state index in [4.69, 9.17) is 4.42 Å². The SMILES string of the molecule is CCc1cnc(CN(C(C)=O)C2CCN(Cc3ccncc3)C2)o1. The molecule has 1 aliphatic heterocycles. The molecule has 0 N–H and O–H groups in total. The van der Waals surface area contributed by atoms with Gasteiger partial charge in [0.2, 0.25) is 11.8 Å². The highest BCUT2D eigenvalue weighted by atomic mass is 16.4. The van der Waals surface area contributed by atoms with E-state index >= 15 is 0 Å². The number of oxazole rings is 1. The smallest absolute Gasteiger partial charge is 0.220 e. The molecule has 1 amide bonds. The predicted molar refractivity (Wildman–Crippen MR) is 90.0 cm³/mol. The Morgan fingerprint density at radius 2 is 2.21 bits per heavy atom. The zero-order chi connectivity index (χ0) is 16.9. The van der Waals surface area contributed by atoms with Crippen LogP contribution in [0.25, 0.3) is 0 Å². The van der Waals surface area contributed by atoms with Crippen LogP contribution in [0.1, 0.15) is 37.5 Å². The van der Waals surface area contributed by atoms with Gasteiger partial charge >= 0.3 is 0 Å². The summed E-state index contributed by atoms with van der Waals surface area (Å²) >= 11 is 0. The number of aryl methyl sites for hydroxylation is 1. The summed E-state index contributed by atoms with van der Waals surface area (Å²) in [5.41, 5.74) is 1.25. The predicted octanol–water partition coefficient (Wildman–Crippen LogP) is 2.26. The third kappa shape index (κ3) is 4.00. The van der Waals surface area contributed by atoms with Crippen molar-refractivity contribution in [3.05, 3.63) is 47.9 Å². The number of likely N-dealkylation sites (tertiary alicyclic amines) is 1. The van der Waals surface area contributed by atoms with E-state index in [1.165, 1.54) is 5.56 Å². The zero-order valence-electron chi connectivity index (χ0n) is 14.3. The van der Waals surface area contributed by atoms with Gasteiger partial charge in [-0.1, -0.05) is 6.92 Å². The van der Waals surface area contributed by atoms with Crippen LogP contribution in [0.4, 0.5) is 0 Å². The molecule has 1 atom stereocenters. The minimum atomic E-state index is 0.0713. The van der Waals surface area contributed by atoms with Crippen LogP contribution in [0, 0.1) is 0 Å². The molecule has 2 aromatic rings. The molecule has 0 saturated carbocycles. The lowest BCUT2D eigenvalue weighted by Crippen LogP contribution is -2.40. The molecule has 0 bridgehead atoms. The third-order valence-corrected chi connectivity index (χ3v) is 4.50. The standard InChI is InChI=1S/C18H24N4O2/c1-3-17-10-20-18(24-17)13-22(14(2)23)16-6-9-21(12-16)11-15-4-7-19-8-5-15/h4-5,7-8,10,16H,3,6,9,11-13H2,1-2H3. The highest BCUT2D eigenvalue weighted by molar-refractivity contribution is 5.73. The Hall–Kier alpha value is -2.21. The van der Waals surface area contributed by atoms with Gasteiger partial charge in [0.25, 0.3) is 0 Å². The molecule has 0 spiro atoms. The maximum atomic E-state index is 12.1. The Morgan fingerprint density at radius 3 is 2.88 bits per heavy atom. The van der Waals surface area contributed by atoms with Gasteiger partial charge in [0.15, 0.2) is 0 Å². The number of aromatic nitrogens is 2. The first kappa shape index (κ1) is 16.6. The van der Waals surface area contributed by atoms with Crippen LogP contribution in [0.5, 0.6) is 0 Å². The van der Waals surface area contributed by atoms with Gasteiger partial charge in [0.1, 0.15) is 5.76 Å². The summed E-state index contributed by atoms with van der Waals surface area (Å²) in [6.07, 6.45) is 7.18. The highest BCUT2D eigenvalue weighted by Crippen LogP contribution is 2.20. The maximum absolute atomic E-state index is 12.1. The summed E-state index contributed by atoms with van der Waals surface area (Å²) in [4.78, 5) is 24.7. The highest BCUT2D eigenvalue weighted by Gasteiger charge is 2.30. The topological polar surface area (TPSA) is 62.5 Å². The number of amides is 1. The van der Waals surface area contributed by atoms with E-state index in [1.54, 1.807) is 13.1 Å². The summed E-state index contributed by atoms with van der Waals surface area (Å²) in [6, 6.07) is 4.28. The molecular formula is C18H24N4O2. The first-order valence-electron chi connectivity index (χ1n) is 8.47. The fourth-order valence-electron chi connectivity index (χ4n) is 3.18. The monoisotopic (exact) mass is 328 g/mol. The number of hydrogen-bond acceptors (Lipinski definition) is 5. The van der Waals surface area contributed by atoms with Gasteiger partial charge in [-0.2, -0.15) is 0 Å². The van der Waals surface area contributed by atoms with Crippen LogP contribution in [-0.2, 0) is 24.3 Å². The molecule has 0 aliphatic carbocycles. The second-order valence-electron chi connectivity index (χ2n) is 6.25. The Labute approximate surface area is 142 Å². The van der Waals surface area contributed by atoms with Crippen molar-refractivity contribution in [2.45, 2.75) is 45.8 Å². The quantitative estimate of drug-likeness (QED) is 0.814. The number of carbonyl (C=O) groups is 1. The Bertz CT molecular complexity index is 671. The molecule has 3 heterocycles. The van der Waals surface area contributed by atoms with E-state index in [-0.39, 0.29) is 11.9 Å². The molecule has 1 aliphatic rings. The molecule has 3 rings (SSSR count). The van der Waals surface area contributed by atoms with E-state index < -0.39 is 0 Å². The molecule has 24 heavy (non-hydrogen) atoms. The minimum Gasteiger partial charge on any atom is -0.444 e. The molecule has 1 unspecified atom stereocenters. The molecule has 1 fully saturated rings. The van der Waals surface area contributed by atoms with Crippen LogP contribution in [0.15, 0.2) is 35.1 Å². The molecule has 2 aromatic heterocycles. The Balaban J connectivity index is 1.61. The molecule has 0 aromatic carbocycles. The van der Waals surface area contributed by atoms with Crippen molar-refractivity contribution in [3.8, 4) is 0 Å². The van der Waals surface area contributed by atoms with Crippen molar-refractivity contribution < 1.29 is 9.21 Å². The fraction of sp³-hybridized carbons (Fsp3) is 0.500. The van der Waals surface area contributed by atoms with Crippen LogP contribution < -0.4 is 0 Å². The second-order valence-corrected chi connectivity index (χ2v) is 6.25. The van der Waals surface area contributed by atoms with Crippen molar-refractivity contribution in [2.24, 2.45) is 0 Å². The molecule has 6 heteroatoms. The molecular weight excluding hydrogens is 304 g/mol. The van der Waals surface area contributed by atoms with Gasteiger partial charge in [0.05, 0.1) is 12.7 Å². The number of nitrogens with zero attached hydrogens (tertiary/aromatic N) is 4. The van der Waals surface area contributed by atoms with Crippen molar-refractivity contribution in [2.75, 3.05) is 13.1 Å². The average Bonchev–Trinajstić information content (AvgIpc) is 3.22. The van der Waals surface area contributed by atoms with Crippen LogP contribution >= 0.6 is 0 Å². The van der Waals surface area contributed by atoms with Gasteiger partial charge in [-0.25, -0.2) is 4.98 Å². The van der Waals surface area contributed by atoms with Crippen LogP contribution in [0.3, 0.4) is 0 Å². The minimum absolute atomic E-state index is 0.0713. The summed E-state index contributed by atoms with van der Waals surface area (Å²) < 4.78 is 5.67. The van der Waals surface area contributed by atoms with E-state index in [1.807, 2.05) is 36.4 Å². The lowest BCUT2D eigenvalue weighted by Gasteiger charge is -2.27.